The van der Waals surface area contributed by atoms with E-state index in [0.29, 0.717) is 13.0 Å². The van der Waals surface area contributed by atoms with Gasteiger partial charge in [0.1, 0.15) is 18.7 Å². The third-order valence-corrected chi connectivity index (χ3v) is 5.83. The zero-order chi connectivity index (χ0) is 24.5. The number of carboxylic acids is 1. The normalized spacial score (nSPS) is 13.9. The van der Waals surface area contributed by atoms with Crippen molar-refractivity contribution in [1.82, 2.24) is 10.6 Å². The van der Waals surface area contributed by atoms with Crippen LogP contribution in [0.3, 0.4) is 0 Å². The number of amides is 2. The van der Waals surface area contributed by atoms with E-state index >= 15 is 0 Å². The van der Waals surface area contributed by atoms with Gasteiger partial charge < -0.3 is 30.3 Å². The maximum atomic E-state index is 12.7. The Morgan fingerprint density at radius 1 is 0.941 bits per heavy atom. The van der Waals surface area contributed by atoms with Gasteiger partial charge in [0.05, 0.1) is 0 Å². The molecule has 0 fully saturated rings. The molecule has 0 saturated carbocycles. The molecule has 0 aliphatic heterocycles. The maximum Gasteiger partial charge on any atom is 0.407 e. The molecule has 0 saturated heterocycles. The van der Waals surface area contributed by atoms with E-state index in [1.54, 1.807) is 0 Å². The van der Waals surface area contributed by atoms with E-state index in [9.17, 15) is 19.5 Å². The molecule has 0 heterocycles. The minimum absolute atomic E-state index is 0.0918. The minimum Gasteiger partial charge on any atom is -0.480 e. The van der Waals surface area contributed by atoms with Crippen molar-refractivity contribution in [3.63, 3.8) is 0 Å². The Morgan fingerprint density at radius 3 is 2.12 bits per heavy atom. The van der Waals surface area contributed by atoms with Gasteiger partial charge in [0.15, 0.2) is 0 Å². The summed E-state index contributed by atoms with van der Waals surface area (Å²) in [6.07, 6.45) is -0.212. The first-order valence-electron chi connectivity index (χ1n) is 11.2. The first-order chi connectivity index (χ1) is 16.5. The number of alkyl carbamates (subject to hydrolysis) is 1. The molecule has 2 amide bonds. The third kappa shape index (κ3) is 6.12. The van der Waals surface area contributed by atoms with Gasteiger partial charge in [-0.05, 0) is 35.1 Å². The molecule has 9 nitrogen and oxygen atoms in total. The zero-order valence-corrected chi connectivity index (χ0v) is 19.0. The highest BCUT2D eigenvalue weighted by Gasteiger charge is 2.30. The van der Waals surface area contributed by atoms with Crippen LogP contribution in [0.25, 0.3) is 11.1 Å². The molecule has 0 bridgehead atoms. The van der Waals surface area contributed by atoms with Gasteiger partial charge in [-0.15, -0.1) is 0 Å². The summed E-state index contributed by atoms with van der Waals surface area (Å²) in [5.41, 5.74) is 4.35. The Balaban J connectivity index is 1.65. The van der Waals surface area contributed by atoms with Gasteiger partial charge in [-0.3, -0.25) is 4.79 Å². The maximum absolute atomic E-state index is 12.7. The third-order valence-electron chi connectivity index (χ3n) is 5.83. The first kappa shape index (κ1) is 25.2. The van der Waals surface area contributed by atoms with Gasteiger partial charge in [-0.1, -0.05) is 48.5 Å². The number of rotatable bonds is 12. The zero-order valence-electron chi connectivity index (χ0n) is 19.0. The molecule has 3 rings (SSSR count). The van der Waals surface area contributed by atoms with Crippen molar-refractivity contribution in [1.29, 1.82) is 0 Å². The quantitative estimate of drug-likeness (QED) is 0.350. The highest BCUT2D eigenvalue weighted by atomic mass is 16.5. The van der Waals surface area contributed by atoms with E-state index < -0.39 is 36.7 Å². The van der Waals surface area contributed by atoms with Crippen LogP contribution in [0, 0.1) is 0 Å². The lowest BCUT2D eigenvalue weighted by atomic mass is 9.98. The molecule has 2 unspecified atom stereocenters. The SMILES string of the molecule is COCCCC(NC(=O)OCC1c2ccccc2-c2ccccc21)C(=O)NC(CCO)C(=O)O. The second kappa shape index (κ2) is 12.2. The monoisotopic (exact) mass is 470 g/mol. The second-order valence-electron chi connectivity index (χ2n) is 8.07. The van der Waals surface area contributed by atoms with Crippen molar-refractivity contribution < 1.29 is 34.1 Å². The van der Waals surface area contributed by atoms with Crippen LogP contribution in [0.15, 0.2) is 48.5 Å². The molecule has 2 aromatic carbocycles. The van der Waals surface area contributed by atoms with Gasteiger partial charge in [0, 0.05) is 32.7 Å². The summed E-state index contributed by atoms with van der Waals surface area (Å²) in [5.74, 6) is -2.05. The number of hydrogen-bond donors (Lipinski definition) is 4. The smallest absolute Gasteiger partial charge is 0.407 e. The molecule has 4 N–H and O–H groups in total. The van der Waals surface area contributed by atoms with E-state index in [4.69, 9.17) is 14.6 Å². The van der Waals surface area contributed by atoms with E-state index in [-0.39, 0.29) is 25.4 Å². The van der Waals surface area contributed by atoms with E-state index in [1.807, 2.05) is 48.5 Å². The van der Waals surface area contributed by atoms with Crippen molar-refractivity contribution in [3.05, 3.63) is 59.7 Å². The topological polar surface area (TPSA) is 134 Å². The Bertz CT molecular complexity index is 965. The summed E-state index contributed by atoms with van der Waals surface area (Å²) in [6, 6.07) is 13.7. The molecule has 2 aromatic rings. The standard InChI is InChI=1S/C25H30N2O7/c1-33-14-6-11-21(23(29)26-22(12-13-28)24(30)31)27-25(32)34-15-20-18-9-4-2-7-16(18)17-8-3-5-10-19(17)20/h2-5,7-10,20-22,28H,6,11-15H2,1H3,(H,26,29)(H,27,32)(H,30,31). The number of fused-ring (bicyclic) bond motifs is 3. The van der Waals surface area contributed by atoms with Crippen molar-refractivity contribution >= 4 is 18.0 Å². The Hall–Kier alpha value is -3.43. The number of aliphatic carboxylic acids is 1. The van der Waals surface area contributed by atoms with Crippen LogP contribution in [0.4, 0.5) is 4.79 Å². The van der Waals surface area contributed by atoms with Gasteiger partial charge >= 0.3 is 12.1 Å². The highest BCUT2D eigenvalue weighted by Crippen LogP contribution is 2.44. The summed E-state index contributed by atoms with van der Waals surface area (Å²) in [5, 5.41) is 23.2. The fourth-order valence-electron chi connectivity index (χ4n) is 4.14. The summed E-state index contributed by atoms with van der Waals surface area (Å²) >= 11 is 0. The molecule has 1 aliphatic rings. The number of aliphatic hydroxyl groups is 1. The van der Waals surface area contributed by atoms with Crippen LogP contribution in [-0.2, 0) is 19.1 Å². The lowest BCUT2D eigenvalue weighted by molar-refractivity contribution is -0.142. The van der Waals surface area contributed by atoms with Crippen LogP contribution in [-0.4, -0.2) is 67.2 Å². The number of aliphatic hydroxyl groups excluding tert-OH is 1. The minimum atomic E-state index is -1.26. The lowest BCUT2D eigenvalue weighted by Gasteiger charge is -2.21. The van der Waals surface area contributed by atoms with Crippen molar-refractivity contribution in [2.75, 3.05) is 26.9 Å². The number of methoxy groups -OCH3 is 1. The van der Waals surface area contributed by atoms with E-state index in [2.05, 4.69) is 10.6 Å². The molecule has 9 heteroatoms. The molecule has 182 valence electrons. The van der Waals surface area contributed by atoms with Gasteiger partial charge in [-0.25, -0.2) is 9.59 Å². The fraction of sp³-hybridized carbons (Fsp3) is 0.400. The van der Waals surface area contributed by atoms with Crippen LogP contribution < -0.4 is 10.6 Å². The van der Waals surface area contributed by atoms with Gasteiger partial charge in [-0.2, -0.15) is 0 Å². The lowest BCUT2D eigenvalue weighted by Crippen LogP contribution is -2.52. The summed E-state index contributed by atoms with van der Waals surface area (Å²) in [6.45, 7) is 0.0646. The summed E-state index contributed by atoms with van der Waals surface area (Å²) < 4.78 is 10.5. The molecule has 34 heavy (non-hydrogen) atoms. The number of carboxylic acid groups (broad SMARTS) is 1. The number of ether oxygens (including phenoxy) is 2. The van der Waals surface area contributed by atoms with Crippen LogP contribution >= 0.6 is 0 Å². The largest absolute Gasteiger partial charge is 0.480 e. The van der Waals surface area contributed by atoms with Crippen LogP contribution in [0.2, 0.25) is 0 Å². The summed E-state index contributed by atoms with van der Waals surface area (Å²) in [4.78, 5) is 36.6. The van der Waals surface area contributed by atoms with Gasteiger partial charge in [0.25, 0.3) is 0 Å². The Kier molecular flexibility index (Phi) is 9.00. The predicted octanol–water partition coefficient (Wildman–Crippen LogP) is 2.27. The molecule has 1 aliphatic carbocycles. The molecular weight excluding hydrogens is 440 g/mol. The first-order valence-corrected chi connectivity index (χ1v) is 11.2. The average Bonchev–Trinajstić information content (AvgIpc) is 3.15. The number of hydrogen-bond acceptors (Lipinski definition) is 6. The van der Waals surface area contributed by atoms with E-state index in [0.717, 1.165) is 22.3 Å². The number of nitrogens with one attached hydrogen (secondary N) is 2. The second-order valence-corrected chi connectivity index (χ2v) is 8.07. The van der Waals surface area contributed by atoms with Crippen molar-refractivity contribution in [2.45, 2.75) is 37.3 Å². The van der Waals surface area contributed by atoms with Crippen molar-refractivity contribution in [2.24, 2.45) is 0 Å². The average molecular weight is 471 g/mol. The van der Waals surface area contributed by atoms with E-state index in [1.165, 1.54) is 7.11 Å². The van der Waals surface area contributed by atoms with Gasteiger partial charge in [0.2, 0.25) is 5.91 Å². The summed E-state index contributed by atoms with van der Waals surface area (Å²) in [7, 11) is 1.52. The molecular formula is C25H30N2O7. The highest BCUT2D eigenvalue weighted by molar-refractivity contribution is 5.89. The molecule has 2 atom stereocenters. The number of benzene rings is 2. The number of carbonyl (C=O) groups excluding carboxylic acids is 2. The Morgan fingerprint density at radius 2 is 1.56 bits per heavy atom. The van der Waals surface area contributed by atoms with Crippen LogP contribution in [0.5, 0.6) is 0 Å². The fourth-order valence-corrected chi connectivity index (χ4v) is 4.14. The molecule has 0 spiro atoms. The molecule has 0 aromatic heterocycles. The number of carbonyl (C=O) groups is 3. The molecule has 0 radical (unpaired) electrons. The van der Waals surface area contributed by atoms with Crippen molar-refractivity contribution in [3.8, 4) is 11.1 Å². The van der Waals surface area contributed by atoms with Crippen LogP contribution in [0.1, 0.15) is 36.3 Å². The predicted molar refractivity (Wildman–Crippen MR) is 124 cm³/mol. The Labute approximate surface area is 198 Å².